The van der Waals surface area contributed by atoms with Gasteiger partial charge in [0, 0.05) is 30.9 Å². The molecular weight excluding hydrogens is 400 g/mol. The van der Waals surface area contributed by atoms with Gasteiger partial charge in [-0.3, -0.25) is 14.4 Å². The van der Waals surface area contributed by atoms with E-state index in [-0.39, 0.29) is 35.7 Å². The predicted molar refractivity (Wildman–Crippen MR) is 100 cm³/mol. The highest BCUT2D eigenvalue weighted by atomic mass is 19.1. The van der Waals surface area contributed by atoms with E-state index in [0.717, 1.165) is 6.07 Å². The SMILES string of the molecule is COc1c2n(cc(C(=O)NCc3ccc(F)cc3F)c1=O)CC1OCCCN1C2=O. The van der Waals surface area contributed by atoms with E-state index < -0.39 is 35.1 Å². The number of carbonyl (C=O) groups excluding carboxylic acids is 2. The highest BCUT2D eigenvalue weighted by Gasteiger charge is 2.38. The standard InChI is InChI=1S/C20H19F2N3O5/c1-29-18-16-20(28)25-5-2-6-30-15(25)10-24(16)9-13(17(18)26)19(27)23-8-11-3-4-12(21)7-14(11)22/h3-4,7,9,15H,2,5-6,8,10H2,1H3,(H,23,27). The minimum Gasteiger partial charge on any atom is -0.491 e. The summed E-state index contributed by atoms with van der Waals surface area (Å²) in [5.74, 6) is -2.94. The lowest BCUT2D eigenvalue weighted by molar-refractivity contribution is -0.0920. The summed E-state index contributed by atoms with van der Waals surface area (Å²) >= 11 is 0. The van der Waals surface area contributed by atoms with Crippen molar-refractivity contribution >= 4 is 11.8 Å². The second kappa shape index (κ2) is 7.86. The van der Waals surface area contributed by atoms with Gasteiger partial charge in [0.2, 0.25) is 5.43 Å². The van der Waals surface area contributed by atoms with E-state index in [1.807, 2.05) is 0 Å². The van der Waals surface area contributed by atoms with Gasteiger partial charge in [-0.25, -0.2) is 8.78 Å². The summed E-state index contributed by atoms with van der Waals surface area (Å²) in [6.45, 7) is 1.02. The average molecular weight is 419 g/mol. The maximum absolute atomic E-state index is 13.8. The first-order chi connectivity index (χ1) is 14.4. The normalized spacial score (nSPS) is 17.9. The molecule has 1 unspecified atom stereocenters. The molecular formula is C20H19F2N3O5. The summed E-state index contributed by atoms with van der Waals surface area (Å²) in [4.78, 5) is 39.9. The fourth-order valence-electron chi connectivity index (χ4n) is 3.67. The Hall–Kier alpha value is -3.27. The number of rotatable bonds is 4. The summed E-state index contributed by atoms with van der Waals surface area (Å²) in [7, 11) is 1.25. The van der Waals surface area contributed by atoms with E-state index >= 15 is 0 Å². The van der Waals surface area contributed by atoms with Crippen LogP contribution in [0.25, 0.3) is 0 Å². The number of ether oxygens (including phenoxy) is 2. The average Bonchev–Trinajstić information content (AvgIpc) is 2.73. The quantitative estimate of drug-likeness (QED) is 0.806. The molecule has 8 nitrogen and oxygen atoms in total. The monoisotopic (exact) mass is 419 g/mol. The molecule has 3 heterocycles. The molecule has 1 saturated heterocycles. The van der Waals surface area contributed by atoms with E-state index in [9.17, 15) is 23.2 Å². The van der Waals surface area contributed by atoms with Gasteiger partial charge in [-0.05, 0) is 12.5 Å². The smallest absolute Gasteiger partial charge is 0.276 e. The Morgan fingerprint density at radius 2 is 2.13 bits per heavy atom. The largest absolute Gasteiger partial charge is 0.491 e. The van der Waals surface area contributed by atoms with Crippen LogP contribution in [0.2, 0.25) is 0 Å². The zero-order chi connectivity index (χ0) is 21.4. The molecule has 0 saturated carbocycles. The van der Waals surface area contributed by atoms with E-state index in [2.05, 4.69) is 5.32 Å². The molecule has 2 aromatic rings. The lowest BCUT2D eigenvalue weighted by Gasteiger charge is -2.40. The number of fused-ring (bicyclic) bond motifs is 2. The molecule has 10 heteroatoms. The summed E-state index contributed by atoms with van der Waals surface area (Å²) in [5, 5.41) is 2.45. The number of benzene rings is 1. The van der Waals surface area contributed by atoms with E-state index in [1.165, 1.54) is 28.8 Å². The van der Waals surface area contributed by atoms with Crippen molar-refractivity contribution < 1.29 is 27.8 Å². The number of halogens is 2. The molecule has 1 fully saturated rings. The third kappa shape index (κ3) is 3.43. The predicted octanol–water partition coefficient (Wildman–Crippen LogP) is 1.27. The first-order valence-electron chi connectivity index (χ1n) is 9.37. The van der Waals surface area contributed by atoms with Crippen molar-refractivity contribution in [3.05, 3.63) is 63.1 Å². The highest BCUT2D eigenvalue weighted by molar-refractivity contribution is 5.99. The number of nitrogens with one attached hydrogen (secondary N) is 1. The van der Waals surface area contributed by atoms with Gasteiger partial charge in [-0.15, -0.1) is 0 Å². The van der Waals surface area contributed by atoms with Crippen LogP contribution in [-0.2, 0) is 17.8 Å². The molecule has 0 bridgehead atoms. The zero-order valence-corrected chi connectivity index (χ0v) is 16.1. The van der Waals surface area contributed by atoms with Crippen LogP contribution in [0.3, 0.4) is 0 Å². The van der Waals surface area contributed by atoms with Crippen LogP contribution in [0.15, 0.2) is 29.2 Å². The van der Waals surface area contributed by atoms with Crippen molar-refractivity contribution in [3.8, 4) is 5.75 Å². The Kier molecular flexibility index (Phi) is 5.25. The number of hydrogen-bond donors (Lipinski definition) is 1. The number of methoxy groups -OCH3 is 1. The van der Waals surface area contributed by atoms with Crippen LogP contribution in [0.4, 0.5) is 8.78 Å². The molecule has 2 amide bonds. The fraction of sp³-hybridized carbons (Fsp3) is 0.350. The molecule has 1 atom stereocenters. The topological polar surface area (TPSA) is 89.9 Å². The van der Waals surface area contributed by atoms with Crippen LogP contribution in [0, 0.1) is 11.6 Å². The van der Waals surface area contributed by atoms with Crippen molar-refractivity contribution in [2.75, 3.05) is 20.3 Å². The van der Waals surface area contributed by atoms with Gasteiger partial charge in [-0.1, -0.05) is 6.07 Å². The molecule has 0 radical (unpaired) electrons. The van der Waals surface area contributed by atoms with Gasteiger partial charge in [0.05, 0.1) is 20.3 Å². The third-order valence-corrected chi connectivity index (χ3v) is 5.16. The number of hydrogen-bond acceptors (Lipinski definition) is 5. The van der Waals surface area contributed by atoms with Crippen LogP contribution in [0.5, 0.6) is 5.75 Å². The second-order valence-electron chi connectivity index (χ2n) is 7.00. The van der Waals surface area contributed by atoms with Gasteiger partial charge in [-0.2, -0.15) is 0 Å². The van der Waals surface area contributed by atoms with Gasteiger partial charge in [0.1, 0.15) is 17.2 Å². The highest BCUT2D eigenvalue weighted by Crippen LogP contribution is 2.26. The van der Waals surface area contributed by atoms with Gasteiger partial charge >= 0.3 is 0 Å². The van der Waals surface area contributed by atoms with E-state index in [0.29, 0.717) is 25.6 Å². The first-order valence-corrected chi connectivity index (χ1v) is 9.37. The van der Waals surface area contributed by atoms with Gasteiger partial charge < -0.3 is 24.3 Å². The Balaban J connectivity index is 1.65. The number of nitrogens with zero attached hydrogens (tertiary/aromatic N) is 2. The Morgan fingerprint density at radius 1 is 1.33 bits per heavy atom. The van der Waals surface area contributed by atoms with Gasteiger partial charge in [0.15, 0.2) is 17.7 Å². The second-order valence-corrected chi connectivity index (χ2v) is 7.00. The Bertz CT molecular complexity index is 1080. The molecule has 158 valence electrons. The summed E-state index contributed by atoms with van der Waals surface area (Å²) in [6.07, 6.45) is 1.48. The summed E-state index contributed by atoms with van der Waals surface area (Å²) in [6, 6.07) is 2.99. The number of aromatic nitrogens is 1. The van der Waals surface area contributed by atoms with Crippen molar-refractivity contribution in [2.45, 2.75) is 25.7 Å². The number of amides is 2. The van der Waals surface area contributed by atoms with E-state index in [1.54, 1.807) is 0 Å². The van der Waals surface area contributed by atoms with Crippen molar-refractivity contribution in [1.29, 1.82) is 0 Å². The molecule has 4 rings (SSSR count). The van der Waals surface area contributed by atoms with E-state index in [4.69, 9.17) is 9.47 Å². The molecule has 0 aliphatic carbocycles. The minimum absolute atomic E-state index is 0.0605. The van der Waals surface area contributed by atoms with Crippen LogP contribution < -0.4 is 15.5 Å². The number of carbonyl (C=O) groups is 2. The van der Waals surface area contributed by atoms with Crippen LogP contribution in [0.1, 0.15) is 32.8 Å². The van der Waals surface area contributed by atoms with Gasteiger partial charge in [0.25, 0.3) is 11.8 Å². The maximum atomic E-state index is 13.8. The molecule has 1 aromatic heterocycles. The lowest BCUT2D eigenvalue weighted by atomic mass is 10.1. The van der Waals surface area contributed by atoms with Crippen molar-refractivity contribution in [1.82, 2.24) is 14.8 Å². The fourth-order valence-corrected chi connectivity index (χ4v) is 3.67. The molecule has 1 N–H and O–H groups in total. The summed E-state index contributed by atoms with van der Waals surface area (Å²) < 4.78 is 39.1. The Morgan fingerprint density at radius 3 is 2.87 bits per heavy atom. The van der Waals surface area contributed by atoms with Crippen LogP contribution >= 0.6 is 0 Å². The number of pyridine rings is 1. The first kappa shape index (κ1) is 20.0. The Labute approximate surface area is 170 Å². The molecule has 1 aromatic carbocycles. The zero-order valence-electron chi connectivity index (χ0n) is 16.1. The molecule has 2 aliphatic heterocycles. The summed E-state index contributed by atoms with van der Waals surface area (Å²) in [5.41, 5.74) is -0.873. The van der Waals surface area contributed by atoms with Crippen molar-refractivity contribution in [2.24, 2.45) is 0 Å². The third-order valence-electron chi connectivity index (χ3n) is 5.16. The molecule has 30 heavy (non-hydrogen) atoms. The molecule has 0 spiro atoms. The lowest BCUT2D eigenvalue weighted by Crippen LogP contribution is -2.53. The maximum Gasteiger partial charge on any atom is 0.276 e. The minimum atomic E-state index is -0.810. The van der Waals surface area contributed by atoms with Crippen molar-refractivity contribution in [3.63, 3.8) is 0 Å². The van der Waals surface area contributed by atoms with Crippen LogP contribution in [-0.4, -0.2) is 47.8 Å². The molecule has 2 aliphatic rings.